The van der Waals surface area contributed by atoms with Crippen LogP contribution in [0.15, 0.2) is 0 Å². The van der Waals surface area contributed by atoms with Gasteiger partial charge in [-0.2, -0.15) is 18.2 Å². The van der Waals surface area contributed by atoms with Gasteiger partial charge in [0, 0.05) is 0 Å². The number of nitrogens with one attached hydrogen (secondary N) is 1. The number of halogens is 4. The molecule has 1 rings (SSSR count). The van der Waals surface area contributed by atoms with E-state index in [0.717, 1.165) is 0 Å². The Kier molecular flexibility index (Phi) is 6.62. The van der Waals surface area contributed by atoms with Crippen LogP contribution in [0.5, 0.6) is 5.88 Å². The second-order valence-corrected chi connectivity index (χ2v) is 6.78. The van der Waals surface area contributed by atoms with Crippen molar-refractivity contribution in [2.45, 2.75) is 59.4 Å². The number of ether oxygens (including phenoxy) is 1. The third-order valence-electron chi connectivity index (χ3n) is 4.13. The number of hydrogen-bond donors (Lipinski definition) is 1. The molecule has 0 saturated carbocycles. The monoisotopic (exact) mass is 395 g/mol. The fourth-order valence-corrected chi connectivity index (χ4v) is 2.25. The standard InChI is InChI=1S/C16H21ClF3N3O3/c1-7(2)15(6,9(4)24)23-13(25)8(3)26-14-11(17)12(16(18,19)20)21-10(5)22-14/h7-8H,1-6H3,(H,23,25). The molecule has 1 N–H and O–H groups in total. The average molecular weight is 396 g/mol. The topological polar surface area (TPSA) is 81.2 Å². The van der Waals surface area contributed by atoms with Gasteiger partial charge in [0.2, 0.25) is 5.88 Å². The van der Waals surface area contributed by atoms with E-state index in [1.54, 1.807) is 20.8 Å². The van der Waals surface area contributed by atoms with Gasteiger partial charge in [-0.25, -0.2) is 4.98 Å². The van der Waals surface area contributed by atoms with Crippen molar-refractivity contribution in [1.82, 2.24) is 15.3 Å². The van der Waals surface area contributed by atoms with Crippen molar-refractivity contribution in [1.29, 1.82) is 0 Å². The Morgan fingerprint density at radius 3 is 2.15 bits per heavy atom. The van der Waals surface area contributed by atoms with Crippen LogP contribution in [0.25, 0.3) is 0 Å². The summed E-state index contributed by atoms with van der Waals surface area (Å²) >= 11 is 5.69. The number of ketones is 1. The van der Waals surface area contributed by atoms with E-state index in [1.165, 1.54) is 20.8 Å². The van der Waals surface area contributed by atoms with E-state index in [-0.39, 0.29) is 17.5 Å². The fraction of sp³-hybridized carbons (Fsp3) is 0.625. The molecule has 1 heterocycles. The van der Waals surface area contributed by atoms with Crippen LogP contribution in [-0.4, -0.2) is 33.3 Å². The summed E-state index contributed by atoms with van der Waals surface area (Å²) in [6.07, 6.45) is -6.03. The molecule has 0 aliphatic rings. The van der Waals surface area contributed by atoms with Gasteiger partial charge < -0.3 is 10.1 Å². The summed E-state index contributed by atoms with van der Waals surface area (Å²) < 4.78 is 44.1. The van der Waals surface area contributed by atoms with Gasteiger partial charge in [0.25, 0.3) is 5.91 Å². The Hall–Kier alpha value is -1.90. The van der Waals surface area contributed by atoms with Gasteiger partial charge in [0.05, 0.1) is 5.54 Å². The van der Waals surface area contributed by atoms with Gasteiger partial charge in [-0.15, -0.1) is 0 Å². The molecule has 1 aromatic rings. The van der Waals surface area contributed by atoms with E-state index >= 15 is 0 Å². The van der Waals surface area contributed by atoms with Crippen LogP contribution in [0.1, 0.15) is 46.1 Å². The predicted molar refractivity (Wildman–Crippen MR) is 88.9 cm³/mol. The Bertz CT molecular complexity index is 710. The zero-order valence-electron chi connectivity index (χ0n) is 15.3. The maximum Gasteiger partial charge on any atom is 0.435 e. The number of hydrogen-bond acceptors (Lipinski definition) is 5. The number of Topliss-reactive ketones (excluding diaryl/α,β-unsaturated/α-hetero) is 1. The molecule has 0 aliphatic carbocycles. The Morgan fingerprint density at radius 1 is 1.19 bits per heavy atom. The van der Waals surface area contributed by atoms with Crippen molar-refractivity contribution in [3.63, 3.8) is 0 Å². The second-order valence-electron chi connectivity index (χ2n) is 6.40. The van der Waals surface area contributed by atoms with Gasteiger partial charge in [0.1, 0.15) is 10.8 Å². The number of aryl methyl sites for hydroxylation is 1. The predicted octanol–water partition coefficient (Wildman–Crippen LogP) is 3.34. The zero-order chi connectivity index (χ0) is 20.4. The number of aromatic nitrogens is 2. The van der Waals surface area contributed by atoms with Gasteiger partial charge in [-0.3, -0.25) is 9.59 Å². The average Bonchev–Trinajstić information content (AvgIpc) is 2.48. The molecular formula is C16H21ClF3N3O3. The van der Waals surface area contributed by atoms with Crippen molar-refractivity contribution in [2.75, 3.05) is 0 Å². The number of rotatable bonds is 6. The highest BCUT2D eigenvalue weighted by Crippen LogP contribution is 2.37. The van der Waals surface area contributed by atoms with Crippen LogP contribution in [-0.2, 0) is 15.8 Å². The third kappa shape index (κ3) is 4.84. The highest BCUT2D eigenvalue weighted by molar-refractivity contribution is 6.32. The summed E-state index contributed by atoms with van der Waals surface area (Å²) in [6.45, 7) is 8.98. The van der Waals surface area contributed by atoms with E-state index in [0.29, 0.717) is 0 Å². The summed E-state index contributed by atoms with van der Waals surface area (Å²) in [7, 11) is 0. The molecule has 1 aromatic heterocycles. The van der Waals surface area contributed by atoms with E-state index in [2.05, 4.69) is 15.3 Å². The first-order chi connectivity index (χ1) is 11.7. The molecule has 146 valence electrons. The third-order valence-corrected chi connectivity index (χ3v) is 4.47. The first-order valence-corrected chi connectivity index (χ1v) is 8.19. The van der Waals surface area contributed by atoms with Crippen molar-refractivity contribution in [3.05, 3.63) is 16.5 Å². The van der Waals surface area contributed by atoms with Crippen molar-refractivity contribution in [2.24, 2.45) is 5.92 Å². The maximum atomic E-state index is 13.0. The smallest absolute Gasteiger partial charge is 0.435 e. The lowest BCUT2D eigenvalue weighted by Gasteiger charge is -2.33. The molecule has 0 bridgehead atoms. The molecule has 0 spiro atoms. The Balaban J connectivity index is 3.08. The van der Waals surface area contributed by atoms with E-state index in [9.17, 15) is 22.8 Å². The molecule has 26 heavy (non-hydrogen) atoms. The summed E-state index contributed by atoms with van der Waals surface area (Å²) in [5.41, 5.74) is -2.48. The molecule has 0 radical (unpaired) electrons. The largest absolute Gasteiger partial charge is 0.463 e. The van der Waals surface area contributed by atoms with Crippen molar-refractivity contribution in [3.8, 4) is 5.88 Å². The fourth-order valence-electron chi connectivity index (χ4n) is 2.02. The van der Waals surface area contributed by atoms with Gasteiger partial charge in [0.15, 0.2) is 17.6 Å². The molecule has 0 saturated heterocycles. The SMILES string of the molecule is CC(=O)C(C)(NC(=O)C(C)Oc1nc(C)nc(C(F)(F)F)c1Cl)C(C)C. The zero-order valence-corrected chi connectivity index (χ0v) is 16.0. The molecular weight excluding hydrogens is 375 g/mol. The highest BCUT2D eigenvalue weighted by atomic mass is 35.5. The van der Waals surface area contributed by atoms with Crippen LogP contribution in [0, 0.1) is 12.8 Å². The first-order valence-electron chi connectivity index (χ1n) is 7.81. The van der Waals surface area contributed by atoms with Crippen molar-refractivity contribution < 1.29 is 27.5 Å². The van der Waals surface area contributed by atoms with Crippen LogP contribution >= 0.6 is 11.6 Å². The van der Waals surface area contributed by atoms with E-state index < -0.39 is 40.3 Å². The van der Waals surface area contributed by atoms with E-state index in [4.69, 9.17) is 16.3 Å². The van der Waals surface area contributed by atoms with Crippen molar-refractivity contribution >= 4 is 23.3 Å². The summed E-state index contributed by atoms with van der Waals surface area (Å²) in [6, 6.07) is 0. The normalized spacial score (nSPS) is 15.3. The quantitative estimate of drug-likeness (QED) is 0.798. The van der Waals surface area contributed by atoms with Crippen LogP contribution in [0.3, 0.4) is 0 Å². The Morgan fingerprint density at radius 2 is 1.73 bits per heavy atom. The lowest BCUT2D eigenvalue weighted by atomic mass is 9.84. The minimum Gasteiger partial charge on any atom is -0.463 e. The molecule has 0 aromatic carbocycles. The number of carbonyl (C=O) groups excluding carboxylic acids is 2. The highest BCUT2D eigenvalue weighted by Gasteiger charge is 2.39. The maximum absolute atomic E-state index is 13.0. The van der Waals surface area contributed by atoms with Crippen LogP contribution < -0.4 is 10.1 Å². The number of alkyl halides is 3. The Labute approximate surface area is 154 Å². The number of nitrogens with zero attached hydrogens (tertiary/aromatic N) is 2. The van der Waals surface area contributed by atoms with Crippen LogP contribution in [0.4, 0.5) is 13.2 Å². The molecule has 0 fully saturated rings. The second kappa shape index (κ2) is 7.77. The van der Waals surface area contributed by atoms with E-state index in [1.807, 2.05) is 0 Å². The molecule has 0 aliphatic heterocycles. The lowest BCUT2D eigenvalue weighted by molar-refractivity contribution is -0.141. The first kappa shape index (κ1) is 22.1. The number of amides is 1. The molecule has 2 unspecified atom stereocenters. The summed E-state index contributed by atoms with van der Waals surface area (Å²) in [5, 5.41) is 1.74. The number of carbonyl (C=O) groups is 2. The molecule has 10 heteroatoms. The lowest BCUT2D eigenvalue weighted by Crippen LogP contribution is -2.57. The van der Waals surface area contributed by atoms with Crippen LogP contribution in [0.2, 0.25) is 5.02 Å². The minimum atomic E-state index is -4.79. The summed E-state index contributed by atoms with van der Waals surface area (Å²) in [5.74, 6) is -1.92. The van der Waals surface area contributed by atoms with Gasteiger partial charge in [-0.05, 0) is 33.6 Å². The van der Waals surface area contributed by atoms with Gasteiger partial charge >= 0.3 is 6.18 Å². The molecule has 2 atom stereocenters. The molecule has 1 amide bonds. The van der Waals surface area contributed by atoms with Gasteiger partial charge in [-0.1, -0.05) is 25.4 Å². The minimum absolute atomic E-state index is 0.208. The summed E-state index contributed by atoms with van der Waals surface area (Å²) in [4.78, 5) is 31.2. The molecule has 6 nitrogen and oxygen atoms in total.